The fourth-order valence-electron chi connectivity index (χ4n) is 3.85. The minimum absolute atomic E-state index is 0.0399. The highest BCUT2D eigenvalue weighted by atomic mass is 35.5. The average molecular weight is 635 g/mol. The lowest BCUT2D eigenvalue weighted by atomic mass is 9.86. The van der Waals surface area contributed by atoms with Gasteiger partial charge in [0.25, 0.3) is 0 Å². The molecule has 1 atom stereocenters. The number of hydrogen-bond donors (Lipinski definition) is 6. The molecule has 1 aromatic carbocycles. The van der Waals surface area contributed by atoms with Gasteiger partial charge in [-0.15, -0.1) is 0 Å². The summed E-state index contributed by atoms with van der Waals surface area (Å²) in [5.41, 5.74) is 15.3. The minimum atomic E-state index is -5.05. The first-order valence-corrected chi connectivity index (χ1v) is 15.8. The molecule has 3 rings (SSSR count). The van der Waals surface area contributed by atoms with Gasteiger partial charge < -0.3 is 35.5 Å². The quantitative estimate of drug-likeness (QED) is 0.0881. The predicted octanol–water partition coefficient (Wildman–Crippen LogP) is 4.92. The van der Waals surface area contributed by atoms with Gasteiger partial charge in [0.15, 0.2) is 0 Å². The number of furan rings is 1. The Labute approximate surface area is 241 Å². The molecule has 2 aromatic heterocycles. The van der Waals surface area contributed by atoms with Crippen molar-refractivity contribution in [1.29, 1.82) is 0 Å². The number of benzene rings is 1. The molecule has 0 aliphatic rings. The molecule has 226 valence electrons. The fourth-order valence-corrected chi connectivity index (χ4v) is 5.12. The van der Waals surface area contributed by atoms with Crippen molar-refractivity contribution in [2.45, 2.75) is 57.5 Å². The standard InChI is InChI=1S/C24H29ClN4O3.H4O7P2/c1-3-24(27,4-2)12-11-18(26)13-16-14-19(28-22-15-17(25)5-9-21(16)22)6-7-20-8-10-23(32-20)29(30)31;1-8(2,3)7-9(4,5)6/h5-10,14-15,18H,3-4,11-13,26-27H2,1-2H3;(H2,1,2,3)(H2,4,5,6)/b7-6-;. The highest BCUT2D eigenvalue weighted by Gasteiger charge is 2.28. The molecule has 3 aromatic rings. The molecule has 0 aliphatic heterocycles. The summed E-state index contributed by atoms with van der Waals surface area (Å²) in [6.07, 6.45) is 7.64. The zero-order chi connectivity index (χ0) is 31.0. The Morgan fingerprint density at radius 1 is 1.12 bits per heavy atom. The first-order chi connectivity index (χ1) is 18.9. The number of halogens is 1. The van der Waals surface area contributed by atoms with Crippen LogP contribution in [0.15, 0.2) is 40.8 Å². The van der Waals surface area contributed by atoms with Gasteiger partial charge >= 0.3 is 21.5 Å². The monoisotopic (exact) mass is 634 g/mol. The van der Waals surface area contributed by atoms with Crippen LogP contribution in [0.25, 0.3) is 23.1 Å². The summed E-state index contributed by atoms with van der Waals surface area (Å²) in [6.45, 7) is 4.22. The first-order valence-electron chi connectivity index (χ1n) is 12.3. The van der Waals surface area contributed by atoms with Gasteiger partial charge in [0.2, 0.25) is 0 Å². The Balaban J connectivity index is 0.000000564. The van der Waals surface area contributed by atoms with Crippen molar-refractivity contribution in [3.63, 3.8) is 0 Å². The maximum atomic E-state index is 10.8. The van der Waals surface area contributed by atoms with E-state index in [-0.39, 0.29) is 17.5 Å². The molecule has 0 amide bonds. The van der Waals surface area contributed by atoms with E-state index in [9.17, 15) is 19.2 Å². The van der Waals surface area contributed by atoms with Crippen LogP contribution >= 0.6 is 27.2 Å². The van der Waals surface area contributed by atoms with E-state index >= 15 is 0 Å². The molecule has 0 spiro atoms. The summed E-state index contributed by atoms with van der Waals surface area (Å²) in [5, 5.41) is 12.4. The number of hydrogen-bond acceptors (Lipinski definition) is 9. The molecule has 17 heteroatoms. The lowest BCUT2D eigenvalue weighted by molar-refractivity contribution is -0.402. The van der Waals surface area contributed by atoms with Crippen molar-refractivity contribution < 1.29 is 42.4 Å². The summed E-state index contributed by atoms with van der Waals surface area (Å²) < 4.78 is 27.4. The summed E-state index contributed by atoms with van der Waals surface area (Å²) in [7, 11) is -10.1. The summed E-state index contributed by atoms with van der Waals surface area (Å²) >= 11 is 6.19. The predicted molar refractivity (Wildman–Crippen MR) is 155 cm³/mol. The van der Waals surface area contributed by atoms with Crippen LogP contribution in [-0.2, 0) is 19.9 Å². The second-order valence-corrected chi connectivity index (χ2v) is 12.3. The molecule has 0 fully saturated rings. The molecule has 0 bridgehead atoms. The van der Waals surface area contributed by atoms with Gasteiger partial charge in [-0.3, -0.25) is 10.1 Å². The molecule has 41 heavy (non-hydrogen) atoms. The van der Waals surface area contributed by atoms with Crippen molar-refractivity contribution in [3.05, 3.63) is 68.6 Å². The fraction of sp³-hybridized carbons (Fsp3) is 0.375. The SMILES string of the molecule is CCC(N)(CC)CCC(N)Cc1cc(/C=C\c2ccc([N+](=O)[O-])o2)nc2cc(Cl)ccc12.O=P(O)(O)OP(=O)(O)O. The molecule has 0 saturated carbocycles. The number of nitrogens with zero attached hydrogens (tertiary/aromatic N) is 2. The van der Waals surface area contributed by atoms with Crippen molar-refractivity contribution in [2.24, 2.45) is 11.5 Å². The van der Waals surface area contributed by atoms with Gasteiger partial charge in [-0.2, -0.15) is 4.31 Å². The third-order valence-corrected chi connectivity index (χ3v) is 8.14. The molecule has 8 N–H and O–H groups in total. The Kier molecular flexibility index (Phi) is 12.4. The van der Waals surface area contributed by atoms with Crippen LogP contribution in [0.2, 0.25) is 5.02 Å². The van der Waals surface area contributed by atoms with E-state index in [0.717, 1.165) is 42.1 Å². The van der Waals surface area contributed by atoms with Gasteiger partial charge in [0.05, 0.1) is 17.3 Å². The number of nitrogens with two attached hydrogens (primary N) is 2. The second kappa shape index (κ2) is 14.6. The molecule has 1 unspecified atom stereocenters. The third-order valence-electron chi connectivity index (χ3n) is 6.20. The molecule has 2 heterocycles. The zero-order valence-electron chi connectivity index (χ0n) is 22.3. The smallest absolute Gasteiger partial charge is 0.401 e. The van der Waals surface area contributed by atoms with Crippen LogP contribution in [-0.4, -0.2) is 41.1 Å². The number of pyridine rings is 1. The molecule has 0 radical (unpaired) electrons. The average Bonchev–Trinajstić information content (AvgIpc) is 3.33. The van der Waals surface area contributed by atoms with Gasteiger partial charge in [0, 0.05) is 22.0 Å². The largest absolute Gasteiger partial charge is 0.478 e. The topological polar surface area (TPSA) is 245 Å². The van der Waals surface area contributed by atoms with Crippen molar-refractivity contribution in [3.8, 4) is 0 Å². The third kappa shape index (κ3) is 12.1. The summed E-state index contributed by atoms with van der Waals surface area (Å²) in [5.74, 6) is 0.0751. The first kappa shape index (κ1) is 34.7. The molecule has 0 aliphatic carbocycles. The van der Waals surface area contributed by atoms with E-state index in [4.69, 9.17) is 47.1 Å². The number of phosphoric acid groups is 2. The Morgan fingerprint density at radius 2 is 1.76 bits per heavy atom. The van der Waals surface area contributed by atoms with Gasteiger partial charge in [-0.1, -0.05) is 31.5 Å². The summed E-state index contributed by atoms with van der Waals surface area (Å²) in [6, 6.07) is 10.4. The van der Waals surface area contributed by atoms with E-state index in [1.54, 1.807) is 18.2 Å². The zero-order valence-corrected chi connectivity index (χ0v) is 24.8. The number of aromatic nitrogens is 1. The van der Waals surface area contributed by atoms with Crippen molar-refractivity contribution in [1.82, 2.24) is 4.98 Å². The van der Waals surface area contributed by atoms with Crippen molar-refractivity contribution >= 4 is 56.2 Å². The van der Waals surface area contributed by atoms with Crippen molar-refractivity contribution in [2.75, 3.05) is 0 Å². The lowest BCUT2D eigenvalue weighted by Crippen LogP contribution is -2.40. The van der Waals surface area contributed by atoms with Crippen LogP contribution in [0, 0.1) is 10.1 Å². The number of nitro groups is 1. The highest BCUT2D eigenvalue weighted by Crippen LogP contribution is 2.53. The van der Waals surface area contributed by atoms with E-state index in [1.165, 1.54) is 6.07 Å². The lowest BCUT2D eigenvalue weighted by Gasteiger charge is -2.28. The maximum Gasteiger partial charge on any atom is 0.478 e. The number of rotatable bonds is 12. The van der Waals surface area contributed by atoms with Crippen LogP contribution < -0.4 is 11.5 Å². The Hall–Kier alpha value is -2.48. The van der Waals surface area contributed by atoms with E-state index in [0.29, 0.717) is 22.9 Å². The highest BCUT2D eigenvalue weighted by molar-refractivity contribution is 7.60. The molecule has 0 saturated heterocycles. The Bertz CT molecular complexity index is 1450. The second-order valence-electron chi connectivity index (χ2n) is 9.27. The summed E-state index contributed by atoms with van der Waals surface area (Å²) in [4.78, 5) is 45.9. The Morgan fingerprint density at radius 3 is 2.27 bits per heavy atom. The number of fused-ring (bicyclic) bond motifs is 1. The van der Waals surface area contributed by atoms with Crippen LogP contribution in [0.4, 0.5) is 5.88 Å². The normalized spacial score (nSPS) is 13.3. The van der Waals surface area contributed by atoms with Gasteiger partial charge in [-0.05, 0) is 74.1 Å². The van der Waals surface area contributed by atoms with Crippen LogP contribution in [0.1, 0.15) is 56.5 Å². The minimum Gasteiger partial charge on any atom is -0.401 e. The maximum absolute atomic E-state index is 10.8. The molecule has 14 nitrogen and oxygen atoms in total. The van der Waals surface area contributed by atoms with Gasteiger partial charge in [-0.25, -0.2) is 14.1 Å². The van der Waals surface area contributed by atoms with Gasteiger partial charge in [0.1, 0.15) is 10.7 Å². The molecular weight excluding hydrogens is 602 g/mol. The van der Waals surface area contributed by atoms with Crippen LogP contribution in [0.5, 0.6) is 0 Å². The van der Waals surface area contributed by atoms with Crippen LogP contribution in [0.3, 0.4) is 0 Å². The van der Waals surface area contributed by atoms with E-state index in [2.05, 4.69) is 23.1 Å². The van der Waals surface area contributed by atoms with E-state index < -0.39 is 20.6 Å². The molecular formula is C24H33ClN4O10P2. The van der Waals surface area contributed by atoms with E-state index in [1.807, 2.05) is 24.3 Å².